The molecule has 1 saturated heterocycles. The molecule has 0 aliphatic carbocycles. The predicted molar refractivity (Wildman–Crippen MR) is 101 cm³/mol. The Labute approximate surface area is 152 Å². The van der Waals surface area contributed by atoms with Gasteiger partial charge in [0.25, 0.3) is 0 Å². The number of anilines is 1. The van der Waals surface area contributed by atoms with Gasteiger partial charge in [-0.1, -0.05) is 29.4 Å². The summed E-state index contributed by atoms with van der Waals surface area (Å²) >= 11 is 7.08. The maximum absolute atomic E-state index is 11.4. The van der Waals surface area contributed by atoms with E-state index in [4.69, 9.17) is 26.6 Å². The van der Waals surface area contributed by atoms with Crippen LogP contribution in [0.1, 0.15) is 40.2 Å². The predicted octanol–water partition coefficient (Wildman–Crippen LogP) is 3.61. The van der Waals surface area contributed by atoms with Crippen molar-refractivity contribution in [2.24, 2.45) is 0 Å². The van der Waals surface area contributed by atoms with E-state index in [1.807, 2.05) is 33.8 Å². The zero-order valence-corrected chi connectivity index (χ0v) is 16.1. The standard InChI is InChI=1S/C16H22BClN2O3S/c1-10(21)24-9-12(6-11-7-13(19)14(18)20-8-11)17-22-15(2,3)16(4,5)23-17/h6-8H,9,19H2,1-5H3. The summed E-state index contributed by atoms with van der Waals surface area (Å²) in [5, 5.41) is 0.300. The van der Waals surface area contributed by atoms with Crippen LogP contribution >= 0.6 is 23.4 Å². The van der Waals surface area contributed by atoms with Gasteiger partial charge in [-0.2, -0.15) is 0 Å². The Hall–Kier alpha value is -1.02. The van der Waals surface area contributed by atoms with Gasteiger partial charge < -0.3 is 15.0 Å². The SMILES string of the molecule is CC(=O)SCC(=Cc1cnc(Cl)c(N)c1)B1OC(C)(C)C(C)(C)O1. The van der Waals surface area contributed by atoms with Crippen molar-refractivity contribution in [3.63, 3.8) is 0 Å². The van der Waals surface area contributed by atoms with Gasteiger partial charge in [0.05, 0.1) is 16.9 Å². The molecule has 1 aliphatic rings. The molecule has 8 heteroatoms. The summed E-state index contributed by atoms with van der Waals surface area (Å²) in [6.45, 7) is 9.50. The Kier molecular flexibility index (Phi) is 5.70. The Morgan fingerprint density at radius 1 is 1.38 bits per heavy atom. The van der Waals surface area contributed by atoms with Crippen molar-refractivity contribution >= 4 is 47.4 Å². The van der Waals surface area contributed by atoms with Gasteiger partial charge >= 0.3 is 7.12 Å². The molecule has 0 bridgehead atoms. The van der Waals surface area contributed by atoms with Crippen LogP contribution in [-0.4, -0.2) is 34.2 Å². The van der Waals surface area contributed by atoms with Crippen molar-refractivity contribution in [1.29, 1.82) is 0 Å². The van der Waals surface area contributed by atoms with E-state index in [1.54, 1.807) is 12.3 Å². The van der Waals surface area contributed by atoms with E-state index >= 15 is 0 Å². The summed E-state index contributed by atoms with van der Waals surface area (Å²) in [5.41, 5.74) is 6.94. The average molecular weight is 369 g/mol. The zero-order valence-electron chi connectivity index (χ0n) is 14.6. The molecule has 1 aliphatic heterocycles. The summed E-state index contributed by atoms with van der Waals surface area (Å²) in [6, 6.07) is 1.74. The van der Waals surface area contributed by atoms with Crippen LogP contribution in [0.2, 0.25) is 5.15 Å². The minimum atomic E-state index is -0.529. The van der Waals surface area contributed by atoms with Crippen LogP contribution in [0.25, 0.3) is 6.08 Å². The monoisotopic (exact) mass is 368 g/mol. The molecular weight excluding hydrogens is 347 g/mol. The lowest BCUT2D eigenvalue weighted by molar-refractivity contribution is -0.109. The number of nitrogens with two attached hydrogens (primary N) is 1. The van der Waals surface area contributed by atoms with Crippen LogP contribution in [0.3, 0.4) is 0 Å². The second-order valence-corrected chi connectivity index (χ2v) is 8.25. The summed E-state index contributed by atoms with van der Waals surface area (Å²) in [4.78, 5) is 15.4. The molecule has 5 nitrogen and oxygen atoms in total. The number of rotatable bonds is 4. The van der Waals surface area contributed by atoms with Crippen LogP contribution in [0.5, 0.6) is 0 Å². The van der Waals surface area contributed by atoms with E-state index in [0.717, 1.165) is 11.0 Å². The number of pyridine rings is 1. The van der Waals surface area contributed by atoms with Gasteiger partial charge in [-0.15, -0.1) is 0 Å². The number of halogens is 1. The summed E-state index contributed by atoms with van der Waals surface area (Å²) in [6.07, 6.45) is 3.51. The third-order valence-electron chi connectivity index (χ3n) is 4.24. The maximum Gasteiger partial charge on any atom is 0.491 e. The fourth-order valence-electron chi connectivity index (χ4n) is 2.13. The summed E-state index contributed by atoms with van der Waals surface area (Å²) < 4.78 is 12.2. The lowest BCUT2D eigenvalue weighted by Gasteiger charge is -2.32. The number of nitrogens with zero attached hydrogens (tertiary/aromatic N) is 1. The van der Waals surface area contributed by atoms with E-state index in [2.05, 4.69) is 4.98 Å². The zero-order chi connectivity index (χ0) is 18.1. The van der Waals surface area contributed by atoms with E-state index in [9.17, 15) is 4.79 Å². The lowest BCUT2D eigenvalue weighted by Crippen LogP contribution is -2.41. The number of carbonyl (C=O) groups is 1. The van der Waals surface area contributed by atoms with Crippen molar-refractivity contribution in [2.45, 2.75) is 45.8 Å². The first-order valence-electron chi connectivity index (χ1n) is 7.62. The molecule has 1 aromatic heterocycles. The number of hydrogen-bond acceptors (Lipinski definition) is 6. The minimum Gasteiger partial charge on any atom is -0.400 e. The van der Waals surface area contributed by atoms with Gasteiger partial charge in [-0.25, -0.2) is 4.98 Å². The Bertz CT molecular complexity index is 663. The highest BCUT2D eigenvalue weighted by molar-refractivity contribution is 8.13. The van der Waals surface area contributed by atoms with E-state index < -0.39 is 18.3 Å². The third kappa shape index (κ3) is 4.33. The lowest BCUT2D eigenvalue weighted by atomic mass is 9.78. The molecule has 1 aromatic rings. The van der Waals surface area contributed by atoms with Gasteiger partial charge in [-0.3, -0.25) is 4.79 Å². The van der Waals surface area contributed by atoms with Crippen molar-refractivity contribution < 1.29 is 14.1 Å². The number of thioether (sulfide) groups is 1. The molecular formula is C16H22BClN2O3S. The Morgan fingerprint density at radius 3 is 2.46 bits per heavy atom. The van der Waals surface area contributed by atoms with Crippen molar-refractivity contribution in [3.8, 4) is 0 Å². The highest BCUT2D eigenvalue weighted by Gasteiger charge is 2.52. The van der Waals surface area contributed by atoms with E-state index in [-0.39, 0.29) is 10.3 Å². The molecule has 24 heavy (non-hydrogen) atoms. The third-order valence-corrected chi connectivity index (χ3v) is 5.44. The molecule has 0 unspecified atom stereocenters. The molecule has 2 N–H and O–H groups in total. The fraction of sp³-hybridized carbons (Fsp3) is 0.500. The first-order chi connectivity index (χ1) is 11.0. The molecule has 130 valence electrons. The second-order valence-electron chi connectivity index (χ2n) is 6.74. The Balaban J connectivity index is 2.33. The van der Waals surface area contributed by atoms with Crippen molar-refractivity contribution in [3.05, 3.63) is 28.5 Å². The van der Waals surface area contributed by atoms with Crippen LogP contribution < -0.4 is 5.73 Å². The van der Waals surface area contributed by atoms with Crippen LogP contribution in [0.4, 0.5) is 5.69 Å². The minimum absolute atomic E-state index is 0.0335. The first-order valence-corrected chi connectivity index (χ1v) is 8.99. The quantitative estimate of drug-likeness (QED) is 0.646. The number of nitrogen functional groups attached to an aromatic ring is 1. The topological polar surface area (TPSA) is 74.4 Å². The summed E-state index contributed by atoms with van der Waals surface area (Å²) in [7, 11) is -0.529. The maximum atomic E-state index is 11.4. The molecule has 0 aromatic carbocycles. The molecule has 0 atom stereocenters. The Morgan fingerprint density at radius 2 is 1.96 bits per heavy atom. The van der Waals surface area contributed by atoms with Gasteiger partial charge in [0.2, 0.25) is 0 Å². The van der Waals surface area contributed by atoms with Crippen LogP contribution in [0, 0.1) is 0 Å². The fourth-order valence-corrected chi connectivity index (χ4v) is 2.82. The van der Waals surface area contributed by atoms with Gasteiger partial charge in [0.1, 0.15) is 0 Å². The highest BCUT2D eigenvalue weighted by Crippen LogP contribution is 2.39. The molecule has 0 radical (unpaired) electrons. The molecule has 0 spiro atoms. The van der Waals surface area contributed by atoms with Crippen molar-refractivity contribution in [2.75, 3.05) is 11.5 Å². The van der Waals surface area contributed by atoms with E-state index in [1.165, 1.54) is 18.7 Å². The average Bonchev–Trinajstić information content (AvgIpc) is 2.67. The smallest absolute Gasteiger partial charge is 0.400 e. The van der Waals surface area contributed by atoms with Crippen LogP contribution in [0.15, 0.2) is 17.7 Å². The second kappa shape index (κ2) is 7.08. The van der Waals surface area contributed by atoms with Crippen LogP contribution in [-0.2, 0) is 14.1 Å². The number of carbonyl (C=O) groups excluding carboxylic acids is 1. The molecule has 0 saturated carbocycles. The van der Waals surface area contributed by atoms with E-state index in [0.29, 0.717) is 11.4 Å². The highest BCUT2D eigenvalue weighted by atomic mass is 35.5. The normalized spacial score (nSPS) is 19.6. The van der Waals surface area contributed by atoms with Gasteiger partial charge in [-0.05, 0) is 44.8 Å². The van der Waals surface area contributed by atoms with Crippen molar-refractivity contribution in [1.82, 2.24) is 4.98 Å². The largest absolute Gasteiger partial charge is 0.491 e. The molecule has 2 heterocycles. The summed E-state index contributed by atoms with van der Waals surface area (Å²) in [5.74, 6) is 0.467. The number of hydrogen-bond donors (Lipinski definition) is 1. The van der Waals surface area contributed by atoms with Gasteiger partial charge in [0.15, 0.2) is 10.3 Å². The first kappa shape index (κ1) is 19.3. The molecule has 0 amide bonds. The molecule has 2 rings (SSSR count). The number of aromatic nitrogens is 1. The molecule has 1 fully saturated rings. The van der Waals surface area contributed by atoms with Gasteiger partial charge in [0, 0.05) is 18.9 Å².